The number of fused-ring (bicyclic) bond motifs is 1. The lowest BCUT2D eigenvalue weighted by Crippen LogP contribution is -2.21. The molecule has 0 amide bonds. The first-order valence-electron chi connectivity index (χ1n) is 9.26. The van der Waals surface area contributed by atoms with Gasteiger partial charge in [0.1, 0.15) is 16.5 Å². The molecule has 4 rings (SSSR count). The number of aromatic nitrogens is 2. The molecule has 0 saturated heterocycles. The Bertz CT molecular complexity index is 1150. The fourth-order valence-corrected chi connectivity index (χ4v) is 4.63. The predicted molar refractivity (Wildman–Crippen MR) is 105 cm³/mol. The fraction of sp³-hybridized carbons (Fsp3) is 0.250. The second-order valence-corrected chi connectivity index (χ2v) is 8.49. The van der Waals surface area contributed by atoms with Gasteiger partial charge in [0.15, 0.2) is 0 Å². The van der Waals surface area contributed by atoms with Crippen LogP contribution in [0.3, 0.4) is 0 Å². The van der Waals surface area contributed by atoms with Gasteiger partial charge in [-0.3, -0.25) is 4.72 Å². The van der Waals surface area contributed by atoms with Crippen LogP contribution in [0.5, 0.6) is 5.75 Å². The largest absolute Gasteiger partial charge is 0.573 e. The molecular formula is C20H18F3N3O3S. The van der Waals surface area contributed by atoms with E-state index in [1.54, 1.807) is 24.3 Å². The van der Waals surface area contributed by atoms with Crippen molar-refractivity contribution < 1.29 is 26.3 Å². The summed E-state index contributed by atoms with van der Waals surface area (Å²) >= 11 is 0. The van der Waals surface area contributed by atoms with Crippen LogP contribution >= 0.6 is 0 Å². The first kappa shape index (κ1) is 20.3. The lowest BCUT2D eigenvalue weighted by Gasteiger charge is -2.15. The van der Waals surface area contributed by atoms with Crippen molar-refractivity contribution >= 4 is 15.7 Å². The number of sulfonamides is 1. The van der Waals surface area contributed by atoms with E-state index in [9.17, 15) is 21.6 Å². The maximum atomic E-state index is 12.9. The summed E-state index contributed by atoms with van der Waals surface area (Å²) in [5.74, 6) is 0.130. The molecule has 158 valence electrons. The lowest BCUT2D eigenvalue weighted by atomic mass is 10.1. The van der Waals surface area contributed by atoms with E-state index in [4.69, 9.17) is 0 Å². The third-order valence-electron chi connectivity index (χ3n) is 4.72. The lowest BCUT2D eigenvalue weighted by molar-refractivity contribution is -0.275. The van der Waals surface area contributed by atoms with Gasteiger partial charge in [0.05, 0.1) is 11.4 Å². The first-order valence-corrected chi connectivity index (χ1v) is 10.7. The number of nitrogens with one attached hydrogen (secondary N) is 1. The normalized spacial score (nSPS) is 14.2. The van der Waals surface area contributed by atoms with Crippen molar-refractivity contribution in [2.24, 2.45) is 0 Å². The number of rotatable bonds is 5. The van der Waals surface area contributed by atoms with Gasteiger partial charge < -0.3 is 9.30 Å². The summed E-state index contributed by atoms with van der Waals surface area (Å²) in [5, 5.41) is 0. The maximum Gasteiger partial charge on any atom is 0.573 e. The molecule has 1 N–H and O–H groups in total. The molecule has 2 heterocycles. The summed E-state index contributed by atoms with van der Waals surface area (Å²) in [4.78, 5) is 4.00. The zero-order valence-corrected chi connectivity index (χ0v) is 16.5. The number of hydrogen-bond donors (Lipinski definition) is 1. The Morgan fingerprint density at radius 3 is 2.53 bits per heavy atom. The molecule has 0 aliphatic carbocycles. The Hall–Kier alpha value is -3.01. The number of benzene rings is 2. The van der Waals surface area contributed by atoms with Gasteiger partial charge in [-0.15, -0.1) is 13.2 Å². The standard InChI is InChI=1S/C20H18F3N3O3S/c21-20(22,23)29-17-9-3-4-10-18(17)30(27,28)25-15-8-2-1-7-14(15)16-13-26-12-6-5-11-19(26)24-16/h1-4,7-10,13,25H,5-6,11-12H2. The van der Waals surface area contributed by atoms with Gasteiger partial charge in [0, 0.05) is 24.7 Å². The summed E-state index contributed by atoms with van der Waals surface area (Å²) < 4.78 is 72.2. The van der Waals surface area contributed by atoms with Gasteiger partial charge in [-0.1, -0.05) is 30.3 Å². The summed E-state index contributed by atoms with van der Waals surface area (Å²) in [6.07, 6.45) is -0.217. The molecule has 0 spiro atoms. The molecule has 30 heavy (non-hydrogen) atoms. The molecule has 6 nitrogen and oxygen atoms in total. The minimum absolute atomic E-state index is 0.217. The highest BCUT2D eigenvalue weighted by atomic mass is 32.2. The van der Waals surface area contributed by atoms with Crippen molar-refractivity contribution in [1.82, 2.24) is 9.55 Å². The highest BCUT2D eigenvalue weighted by Crippen LogP contribution is 2.33. The molecule has 0 bridgehead atoms. The molecule has 0 fully saturated rings. The molecule has 0 radical (unpaired) electrons. The number of anilines is 1. The van der Waals surface area contributed by atoms with E-state index < -0.39 is 27.0 Å². The number of para-hydroxylation sites is 2. The second-order valence-electron chi connectivity index (χ2n) is 6.84. The Labute approximate surface area is 171 Å². The molecule has 1 aliphatic rings. The molecule has 2 aromatic carbocycles. The van der Waals surface area contributed by atoms with Crippen LogP contribution in [0.15, 0.2) is 59.6 Å². The van der Waals surface area contributed by atoms with Crippen molar-refractivity contribution in [2.75, 3.05) is 4.72 Å². The van der Waals surface area contributed by atoms with E-state index in [-0.39, 0.29) is 5.69 Å². The van der Waals surface area contributed by atoms with Crippen LogP contribution < -0.4 is 9.46 Å². The minimum atomic E-state index is -5.01. The van der Waals surface area contributed by atoms with E-state index in [0.29, 0.717) is 11.3 Å². The van der Waals surface area contributed by atoms with E-state index in [1.165, 1.54) is 12.1 Å². The Morgan fingerprint density at radius 2 is 1.77 bits per heavy atom. The van der Waals surface area contributed by atoms with Gasteiger partial charge in [-0.2, -0.15) is 0 Å². The highest BCUT2D eigenvalue weighted by molar-refractivity contribution is 7.92. The van der Waals surface area contributed by atoms with Crippen molar-refractivity contribution in [2.45, 2.75) is 37.1 Å². The van der Waals surface area contributed by atoms with Gasteiger partial charge in [-0.25, -0.2) is 13.4 Å². The first-order chi connectivity index (χ1) is 14.2. The third-order valence-corrected chi connectivity index (χ3v) is 6.13. The molecule has 10 heteroatoms. The third kappa shape index (κ3) is 4.28. The smallest absolute Gasteiger partial charge is 0.404 e. The van der Waals surface area contributed by atoms with Crippen LogP contribution in [0, 0.1) is 0 Å². The quantitative estimate of drug-likeness (QED) is 0.634. The van der Waals surface area contributed by atoms with E-state index in [0.717, 1.165) is 43.8 Å². The van der Waals surface area contributed by atoms with Crippen molar-refractivity contribution in [1.29, 1.82) is 0 Å². The van der Waals surface area contributed by atoms with Crippen LogP contribution in [0.2, 0.25) is 0 Å². The van der Waals surface area contributed by atoms with E-state index in [2.05, 4.69) is 14.4 Å². The number of alkyl halides is 3. The van der Waals surface area contributed by atoms with Gasteiger partial charge in [-0.05, 0) is 31.0 Å². The molecule has 0 unspecified atom stereocenters. The minimum Gasteiger partial charge on any atom is -0.404 e. The highest BCUT2D eigenvalue weighted by Gasteiger charge is 2.34. The topological polar surface area (TPSA) is 73.2 Å². The van der Waals surface area contributed by atoms with E-state index >= 15 is 0 Å². The molecule has 0 atom stereocenters. The summed E-state index contributed by atoms with van der Waals surface area (Å²) in [6, 6.07) is 11.2. The average molecular weight is 437 g/mol. The molecular weight excluding hydrogens is 419 g/mol. The van der Waals surface area contributed by atoms with Crippen molar-refractivity contribution in [3.63, 3.8) is 0 Å². The van der Waals surface area contributed by atoms with Crippen LogP contribution in [0.25, 0.3) is 11.3 Å². The predicted octanol–water partition coefficient (Wildman–Crippen LogP) is 4.59. The van der Waals surface area contributed by atoms with E-state index in [1.807, 2.05) is 10.8 Å². The maximum absolute atomic E-state index is 12.9. The second kappa shape index (κ2) is 7.67. The summed E-state index contributed by atoms with van der Waals surface area (Å²) in [7, 11) is -4.36. The van der Waals surface area contributed by atoms with Crippen LogP contribution in [-0.2, 0) is 23.0 Å². The zero-order valence-electron chi connectivity index (χ0n) is 15.7. The Morgan fingerprint density at radius 1 is 1.03 bits per heavy atom. The number of aryl methyl sites for hydroxylation is 2. The summed E-state index contributed by atoms with van der Waals surface area (Å²) in [5.41, 5.74) is 1.36. The number of halogens is 3. The van der Waals surface area contributed by atoms with Crippen LogP contribution in [-0.4, -0.2) is 24.3 Å². The molecule has 3 aromatic rings. The van der Waals surface area contributed by atoms with Gasteiger partial charge in [0.2, 0.25) is 0 Å². The Balaban J connectivity index is 1.70. The SMILES string of the molecule is O=S(=O)(Nc1ccccc1-c1cn2c(n1)CCCC2)c1ccccc1OC(F)(F)F. The van der Waals surface area contributed by atoms with Crippen molar-refractivity contribution in [3.05, 3.63) is 60.6 Å². The zero-order chi connectivity index (χ0) is 21.4. The van der Waals surface area contributed by atoms with Crippen LogP contribution in [0.1, 0.15) is 18.7 Å². The number of ether oxygens (including phenoxy) is 1. The number of hydrogen-bond acceptors (Lipinski definition) is 4. The van der Waals surface area contributed by atoms with Crippen molar-refractivity contribution in [3.8, 4) is 17.0 Å². The summed E-state index contributed by atoms with van der Waals surface area (Å²) in [6.45, 7) is 0.846. The fourth-order valence-electron chi connectivity index (χ4n) is 3.42. The Kier molecular flexibility index (Phi) is 5.19. The average Bonchev–Trinajstić information content (AvgIpc) is 3.11. The van der Waals surface area contributed by atoms with Gasteiger partial charge in [0.25, 0.3) is 10.0 Å². The van der Waals surface area contributed by atoms with Crippen LogP contribution in [0.4, 0.5) is 18.9 Å². The number of nitrogens with zero attached hydrogens (tertiary/aromatic N) is 2. The molecule has 1 aliphatic heterocycles. The van der Waals surface area contributed by atoms with Gasteiger partial charge >= 0.3 is 6.36 Å². The number of imidazole rings is 1. The molecule has 0 saturated carbocycles. The molecule has 1 aromatic heterocycles. The monoisotopic (exact) mass is 437 g/mol.